The lowest BCUT2D eigenvalue weighted by Crippen LogP contribution is -1.95. The quantitative estimate of drug-likeness (QED) is 0.510. The molecule has 1 aromatic carbocycles. The van der Waals surface area contributed by atoms with E-state index in [1.54, 1.807) is 13.3 Å². The van der Waals surface area contributed by atoms with Gasteiger partial charge >= 0.3 is 0 Å². The van der Waals surface area contributed by atoms with Crippen molar-refractivity contribution >= 4 is 6.21 Å². The van der Waals surface area contributed by atoms with E-state index in [-0.39, 0.29) is 5.75 Å². The van der Waals surface area contributed by atoms with Crippen LogP contribution in [0.2, 0.25) is 0 Å². The van der Waals surface area contributed by atoms with E-state index in [0.717, 1.165) is 11.1 Å². The Balaban J connectivity index is 3.00. The van der Waals surface area contributed by atoms with E-state index < -0.39 is 0 Å². The number of aromatic hydroxyl groups is 1. The third-order valence-corrected chi connectivity index (χ3v) is 1.60. The van der Waals surface area contributed by atoms with Crippen molar-refractivity contribution in [2.24, 2.45) is 5.10 Å². The van der Waals surface area contributed by atoms with Gasteiger partial charge < -0.3 is 10.5 Å². The Morgan fingerprint density at radius 1 is 1.50 bits per heavy atom. The van der Waals surface area contributed by atoms with Crippen LogP contribution in [0.15, 0.2) is 23.3 Å². The molecule has 64 valence electrons. The van der Waals surface area contributed by atoms with Gasteiger partial charge in [0, 0.05) is 12.6 Å². The van der Waals surface area contributed by atoms with Gasteiger partial charge in [-0.25, -0.2) is 0 Å². The minimum absolute atomic E-state index is 0.288. The third-order valence-electron chi connectivity index (χ3n) is 1.60. The zero-order valence-electron chi connectivity index (χ0n) is 7.20. The van der Waals surface area contributed by atoms with Crippen molar-refractivity contribution in [3.8, 4) is 5.75 Å². The monoisotopic (exact) mass is 164 g/mol. The first-order chi connectivity index (χ1) is 5.75. The topological polar surface area (TPSA) is 44.6 Å². The fourth-order valence-corrected chi connectivity index (χ4v) is 0.920. The number of hydrogen-bond donors (Lipinski definition) is 2. The number of rotatable bonds is 2. The molecule has 0 aromatic heterocycles. The number of hydrazone groups is 1. The summed E-state index contributed by atoms with van der Waals surface area (Å²) < 4.78 is 0. The van der Waals surface area contributed by atoms with Crippen LogP contribution in [-0.4, -0.2) is 18.4 Å². The second-order valence-electron chi connectivity index (χ2n) is 2.49. The van der Waals surface area contributed by atoms with Crippen LogP contribution in [0.1, 0.15) is 11.1 Å². The standard InChI is InChI=1S/C9H12N2O/c1-7-4-3-5-8(9(7)12)6-11-10-2/h3-6,10,12H,1-2H3/b11-6+. The van der Waals surface area contributed by atoms with Crippen molar-refractivity contribution < 1.29 is 5.11 Å². The highest BCUT2D eigenvalue weighted by Crippen LogP contribution is 2.19. The Morgan fingerprint density at radius 2 is 2.25 bits per heavy atom. The maximum atomic E-state index is 9.51. The molecule has 0 aliphatic carbocycles. The molecule has 3 heteroatoms. The Hall–Kier alpha value is -1.51. The molecule has 0 aliphatic heterocycles. The number of hydrogen-bond acceptors (Lipinski definition) is 3. The van der Waals surface area contributed by atoms with Crippen LogP contribution in [0.3, 0.4) is 0 Å². The zero-order chi connectivity index (χ0) is 8.97. The van der Waals surface area contributed by atoms with Crippen molar-refractivity contribution in [1.29, 1.82) is 0 Å². The first-order valence-electron chi connectivity index (χ1n) is 3.74. The van der Waals surface area contributed by atoms with Crippen LogP contribution < -0.4 is 5.43 Å². The molecule has 0 aliphatic rings. The van der Waals surface area contributed by atoms with Crippen LogP contribution in [0, 0.1) is 6.92 Å². The van der Waals surface area contributed by atoms with Gasteiger partial charge in [-0.3, -0.25) is 0 Å². The first kappa shape index (κ1) is 8.59. The van der Waals surface area contributed by atoms with Gasteiger partial charge in [-0.05, 0) is 18.6 Å². The first-order valence-corrected chi connectivity index (χ1v) is 3.74. The van der Waals surface area contributed by atoms with E-state index in [9.17, 15) is 5.11 Å². The van der Waals surface area contributed by atoms with Crippen molar-refractivity contribution in [3.63, 3.8) is 0 Å². The summed E-state index contributed by atoms with van der Waals surface area (Å²) in [6.45, 7) is 1.85. The van der Waals surface area contributed by atoms with Crippen LogP contribution in [-0.2, 0) is 0 Å². The Labute approximate surface area is 71.7 Å². The summed E-state index contributed by atoms with van der Waals surface area (Å²) in [5, 5.41) is 13.3. The fraction of sp³-hybridized carbons (Fsp3) is 0.222. The summed E-state index contributed by atoms with van der Waals surface area (Å²) in [4.78, 5) is 0. The maximum absolute atomic E-state index is 9.51. The highest BCUT2D eigenvalue weighted by Gasteiger charge is 1.99. The van der Waals surface area contributed by atoms with Gasteiger partial charge in [-0.1, -0.05) is 12.1 Å². The molecule has 1 rings (SSSR count). The molecule has 0 saturated carbocycles. The lowest BCUT2D eigenvalue weighted by Gasteiger charge is -2.00. The van der Waals surface area contributed by atoms with Crippen LogP contribution in [0.4, 0.5) is 0 Å². The molecular weight excluding hydrogens is 152 g/mol. The average molecular weight is 164 g/mol. The Morgan fingerprint density at radius 3 is 2.92 bits per heavy atom. The van der Waals surface area contributed by atoms with Crippen molar-refractivity contribution in [3.05, 3.63) is 29.3 Å². The number of phenols is 1. The van der Waals surface area contributed by atoms with Gasteiger partial charge in [0.2, 0.25) is 0 Å². The van der Waals surface area contributed by atoms with E-state index in [0.29, 0.717) is 0 Å². The molecule has 0 heterocycles. The van der Waals surface area contributed by atoms with E-state index in [1.807, 2.05) is 25.1 Å². The zero-order valence-corrected chi connectivity index (χ0v) is 7.20. The lowest BCUT2D eigenvalue weighted by atomic mass is 10.1. The number of nitrogens with one attached hydrogen (secondary N) is 1. The summed E-state index contributed by atoms with van der Waals surface area (Å²) in [5.41, 5.74) is 4.20. The van der Waals surface area contributed by atoms with Crippen molar-refractivity contribution in [1.82, 2.24) is 5.43 Å². The molecule has 0 unspecified atom stereocenters. The number of nitrogens with zero attached hydrogens (tertiary/aromatic N) is 1. The third kappa shape index (κ3) is 1.75. The molecule has 0 radical (unpaired) electrons. The molecule has 1 aromatic rings. The van der Waals surface area contributed by atoms with Crippen molar-refractivity contribution in [2.75, 3.05) is 7.05 Å². The minimum atomic E-state index is 0.288. The summed E-state index contributed by atoms with van der Waals surface area (Å²) in [6.07, 6.45) is 1.59. The number of aryl methyl sites for hydroxylation is 1. The molecule has 0 atom stereocenters. The minimum Gasteiger partial charge on any atom is -0.507 e. The predicted molar refractivity (Wildman–Crippen MR) is 49.5 cm³/mol. The smallest absolute Gasteiger partial charge is 0.127 e. The molecule has 0 bridgehead atoms. The molecule has 0 saturated heterocycles. The molecule has 2 N–H and O–H groups in total. The Kier molecular flexibility index (Phi) is 2.69. The molecule has 0 fully saturated rings. The van der Waals surface area contributed by atoms with E-state index in [1.165, 1.54) is 0 Å². The molecular formula is C9H12N2O. The lowest BCUT2D eigenvalue weighted by molar-refractivity contribution is 0.470. The largest absolute Gasteiger partial charge is 0.507 e. The summed E-state index contributed by atoms with van der Waals surface area (Å²) in [5.74, 6) is 0.288. The van der Waals surface area contributed by atoms with Gasteiger partial charge in [0.25, 0.3) is 0 Å². The predicted octanol–water partition coefficient (Wildman–Crippen LogP) is 1.25. The highest BCUT2D eigenvalue weighted by atomic mass is 16.3. The average Bonchev–Trinajstić information content (AvgIpc) is 2.08. The number of para-hydroxylation sites is 1. The number of phenolic OH excluding ortho intramolecular Hbond substituents is 1. The van der Waals surface area contributed by atoms with Gasteiger partial charge in [-0.2, -0.15) is 5.10 Å². The van der Waals surface area contributed by atoms with E-state index >= 15 is 0 Å². The molecule has 3 nitrogen and oxygen atoms in total. The van der Waals surface area contributed by atoms with Crippen LogP contribution in [0.5, 0.6) is 5.75 Å². The van der Waals surface area contributed by atoms with Gasteiger partial charge in [0.05, 0.1) is 6.21 Å². The molecule has 12 heavy (non-hydrogen) atoms. The maximum Gasteiger partial charge on any atom is 0.127 e. The Bertz CT molecular complexity index is 295. The van der Waals surface area contributed by atoms with Crippen LogP contribution in [0.25, 0.3) is 0 Å². The summed E-state index contributed by atoms with van der Waals surface area (Å²) in [7, 11) is 1.71. The normalized spacial score (nSPS) is 10.5. The highest BCUT2D eigenvalue weighted by molar-refractivity contribution is 5.83. The summed E-state index contributed by atoms with van der Waals surface area (Å²) >= 11 is 0. The van der Waals surface area contributed by atoms with Gasteiger partial charge in [0.15, 0.2) is 0 Å². The fourth-order valence-electron chi connectivity index (χ4n) is 0.920. The SMILES string of the molecule is CN/N=C/c1cccc(C)c1O. The second-order valence-corrected chi connectivity index (χ2v) is 2.49. The number of benzene rings is 1. The van der Waals surface area contributed by atoms with Gasteiger partial charge in [-0.15, -0.1) is 0 Å². The molecule has 0 amide bonds. The van der Waals surface area contributed by atoms with Crippen LogP contribution >= 0.6 is 0 Å². The van der Waals surface area contributed by atoms with Crippen molar-refractivity contribution in [2.45, 2.75) is 6.92 Å². The second kappa shape index (κ2) is 3.76. The van der Waals surface area contributed by atoms with E-state index in [2.05, 4.69) is 10.5 Å². The molecule has 0 spiro atoms. The van der Waals surface area contributed by atoms with Gasteiger partial charge in [0.1, 0.15) is 5.75 Å². The summed E-state index contributed by atoms with van der Waals surface area (Å²) in [6, 6.07) is 5.54. The van der Waals surface area contributed by atoms with E-state index in [4.69, 9.17) is 0 Å².